The molecule has 0 bridgehead atoms. The van der Waals surface area contributed by atoms with Gasteiger partial charge >= 0.3 is 5.97 Å². The van der Waals surface area contributed by atoms with Crippen molar-refractivity contribution >= 4 is 43.0 Å². The van der Waals surface area contributed by atoms with Crippen molar-refractivity contribution in [2.45, 2.75) is 24.9 Å². The number of nitrogens with two attached hydrogens (primary N) is 1. The molecule has 0 heterocycles. The molecule has 104 valence electrons. The molecule has 0 aliphatic carbocycles. The average Bonchev–Trinajstić information content (AvgIpc) is 2.32. The zero-order valence-corrected chi connectivity index (χ0v) is 11.4. The van der Waals surface area contributed by atoms with Crippen LogP contribution in [0.2, 0.25) is 0 Å². The maximum atomic E-state index is 11.5. The van der Waals surface area contributed by atoms with Gasteiger partial charge in [0.1, 0.15) is 12.1 Å². The largest absolute Gasteiger partial charge is 0.480 e. The van der Waals surface area contributed by atoms with Gasteiger partial charge in [-0.3, -0.25) is 14.4 Å². The van der Waals surface area contributed by atoms with E-state index in [9.17, 15) is 14.4 Å². The van der Waals surface area contributed by atoms with Crippen molar-refractivity contribution < 1.29 is 19.5 Å². The van der Waals surface area contributed by atoms with Gasteiger partial charge < -0.3 is 21.5 Å². The monoisotopic (exact) mass is 295 g/mol. The van der Waals surface area contributed by atoms with Crippen molar-refractivity contribution in [2.75, 3.05) is 11.6 Å². The second kappa shape index (κ2) is 9.06. The lowest BCUT2D eigenvalue weighted by molar-refractivity contribution is -0.138. The standard InChI is InChI=1S/C9H17N3O4S2/c10-5(9(15)16)1-2-7(13)12-6(3-17)8(14)11-4-18/h5-6,17-18H,1-4,10H2,(H,11,14)(H,12,13)(H,15,16). The molecular weight excluding hydrogens is 278 g/mol. The van der Waals surface area contributed by atoms with E-state index < -0.39 is 29.9 Å². The number of carbonyl (C=O) groups is 3. The van der Waals surface area contributed by atoms with E-state index in [0.717, 1.165) is 0 Å². The number of hydrogen-bond acceptors (Lipinski definition) is 6. The molecule has 9 heteroatoms. The van der Waals surface area contributed by atoms with Crippen LogP contribution in [0.15, 0.2) is 0 Å². The van der Waals surface area contributed by atoms with E-state index in [1.54, 1.807) is 0 Å². The second-order valence-corrected chi connectivity index (χ2v) is 4.17. The van der Waals surface area contributed by atoms with E-state index in [0.29, 0.717) is 0 Å². The zero-order valence-electron chi connectivity index (χ0n) is 9.63. The molecular formula is C9H17N3O4S2. The summed E-state index contributed by atoms with van der Waals surface area (Å²) < 4.78 is 0. The Morgan fingerprint density at radius 2 is 1.89 bits per heavy atom. The third-order valence-electron chi connectivity index (χ3n) is 2.09. The topological polar surface area (TPSA) is 122 Å². The number of aliphatic carboxylic acids is 1. The molecule has 0 rings (SSSR count). The van der Waals surface area contributed by atoms with Gasteiger partial charge in [-0.05, 0) is 6.42 Å². The van der Waals surface area contributed by atoms with Crippen molar-refractivity contribution in [1.29, 1.82) is 0 Å². The molecule has 0 aromatic heterocycles. The predicted molar refractivity (Wildman–Crippen MR) is 72.6 cm³/mol. The van der Waals surface area contributed by atoms with E-state index in [2.05, 4.69) is 35.9 Å². The van der Waals surface area contributed by atoms with Gasteiger partial charge in [0.15, 0.2) is 0 Å². The molecule has 0 aliphatic heterocycles. The lowest BCUT2D eigenvalue weighted by Crippen LogP contribution is -2.48. The Morgan fingerprint density at radius 3 is 2.33 bits per heavy atom. The fourth-order valence-electron chi connectivity index (χ4n) is 1.07. The van der Waals surface area contributed by atoms with Crippen LogP contribution >= 0.6 is 25.3 Å². The summed E-state index contributed by atoms with van der Waals surface area (Å²) in [6.07, 6.45) is -0.0550. The molecule has 18 heavy (non-hydrogen) atoms. The highest BCUT2D eigenvalue weighted by Crippen LogP contribution is 1.97. The van der Waals surface area contributed by atoms with Crippen LogP contribution in [0, 0.1) is 0 Å². The number of carbonyl (C=O) groups excluding carboxylic acids is 2. The molecule has 2 unspecified atom stereocenters. The number of amides is 2. The smallest absolute Gasteiger partial charge is 0.320 e. The number of rotatable bonds is 8. The third-order valence-corrected chi connectivity index (χ3v) is 2.61. The van der Waals surface area contributed by atoms with Crippen LogP contribution < -0.4 is 16.4 Å². The van der Waals surface area contributed by atoms with Crippen molar-refractivity contribution in [1.82, 2.24) is 10.6 Å². The van der Waals surface area contributed by atoms with Crippen LogP contribution in [0.5, 0.6) is 0 Å². The molecule has 0 spiro atoms. The number of hydrogen-bond donors (Lipinski definition) is 6. The summed E-state index contributed by atoms with van der Waals surface area (Å²) in [5.41, 5.74) is 5.25. The first-order chi connectivity index (χ1) is 8.42. The Balaban J connectivity index is 4.12. The minimum atomic E-state index is -1.17. The van der Waals surface area contributed by atoms with Gasteiger partial charge in [0.05, 0.1) is 5.88 Å². The molecule has 0 radical (unpaired) electrons. The lowest BCUT2D eigenvalue weighted by atomic mass is 10.1. The predicted octanol–water partition coefficient (Wildman–Crippen LogP) is -1.40. The summed E-state index contributed by atoms with van der Waals surface area (Å²) in [5, 5.41) is 13.4. The van der Waals surface area contributed by atoms with Crippen LogP contribution in [0.3, 0.4) is 0 Å². The van der Waals surface area contributed by atoms with Gasteiger partial charge in [0.2, 0.25) is 11.8 Å². The van der Waals surface area contributed by atoms with Gasteiger partial charge in [0, 0.05) is 12.2 Å². The van der Waals surface area contributed by atoms with Gasteiger partial charge in [-0.2, -0.15) is 25.3 Å². The summed E-state index contributed by atoms with van der Waals surface area (Å²) in [5.74, 6) is -1.71. The van der Waals surface area contributed by atoms with Crippen molar-refractivity contribution in [2.24, 2.45) is 5.73 Å². The van der Waals surface area contributed by atoms with Gasteiger partial charge in [-0.1, -0.05) is 0 Å². The Bertz CT molecular complexity index is 314. The number of thiol groups is 2. The zero-order chi connectivity index (χ0) is 14.1. The van der Waals surface area contributed by atoms with Gasteiger partial charge in [0.25, 0.3) is 0 Å². The first-order valence-electron chi connectivity index (χ1n) is 5.19. The van der Waals surface area contributed by atoms with Gasteiger partial charge in [-0.15, -0.1) is 0 Å². The van der Waals surface area contributed by atoms with Crippen LogP contribution in [0.4, 0.5) is 0 Å². The highest BCUT2D eigenvalue weighted by molar-refractivity contribution is 7.80. The minimum absolute atomic E-state index is 0.00858. The van der Waals surface area contributed by atoms with Crippen molar-refractivity contribution in [3.05, 3.63) is 0 Å². The lowest BCUT2D eigenvalue weighted by Gasteiger charge is -2.16. The highest BCUT2D eigenvalue weighted by atomic mass is 32.1. The normalized spacial score (nSPS) is 13.5. The highest BCUT2D eigenvalue weighted by Gasteiger charge is 2.19. The SMILES string of the molecule is NC(CCC(=O)NC(CS)C(=O)NCS)C(=O)O. The van der Waals surface area contributed by atoms with Crippen LogP contribution in [-0.2, 0) is 14.4 Å². The Labute approximate surface area is 116 Å². The average molecular weight is 295 g/mol. The Hall–Kier alpha value is -0.930. The molecule has 0 aromatic rings. The molecule has 0 saturated carbocycles. The molecule has 7 nitrogen and oxygen atoms in total. The number of nitrogens with one attached hydrogen (secondary N) is 2. The number of carboxylic acids is 1. The molecule has 2 atom stereocenters. The van der Waals surface area contributed by atoms with E-state index in [1.807, 2.05) is 0 Å². The van der Waals surface area contributed by atoms with Crippen LogP contribution in [-0.4, -0.2) is 46.6 Å². The molecule has 5 N–H and O–H groups in total. The third kappa shape index (κ3) is 6.72. The fourth-order valence-corrected chi connectivity index (χ4v) is 1.48. The van der Waals surface area contributed by atoms with E-state index in [-0.39, 0.29) is 24.5 Å². The maximum Gasteiger partial charge on any atom is 0.320 e. The summed E-state index contributed by atoms with van der Waals surface area (Å²) >= 11 is 7.77. The van der Waals surface area contributed by atoms with E-state index >= 15 is 0 Å². The Kier molecular flexibility index (Phi) is 8.59. The molecule has 0 aliphatic rings. The second-order valence-electron chi connectivity index (χ2n) is 3.49. The molecule has 0 fully saturated rings. The first-order valence-corrected chi connectivity index (χ1v) is 6.46. The molecule has 0 aromatic carbocycles. The summed E-state index contributed by atoms with van der Waals surface area (Å²) in [4.78, 5) is 33.3. The summed E-state index contributed by atoms with van der Waals surface area (Å²) in [6, 6.07) is -1.86. The van der Waals surface area contributed by atoms with Crippen LogP contribution in [0.1, 0.15) is 12.8 Å². The fraction of sp³-hybridized carbons (Fsp3) is 0.667. The number of carboxylic acid groups (broad SMARTS) is 1. The summed E-state index contributed by atoms with van der Waals surface area (Å²) in [7, 11) is 0. The first kappa shape index (κ1) is 17.1. The van der Waals surface area contributed by atoms with Gasteiger partial charge in [-0.25, -0.2) is 0 Å². The minimum Gasteiger partial charge on any atom is -0.480 e. The van der Waals surface area contributed by atoms with Crippen LogP contribution in [0.25, 0.3) is 0 Å². The van der Waals surface area contributed by atoms with E-state index in [4.69, 9.17) is 10.8 Å². The van der Waals surface area contributed by atoms with Crippen molar-refractivity contribution in [3.8, 4) is 0 Å². The molecule has 0 saturated heterocycles. The Morgan fingerprint density at radius 1 is 1.28 bits per heavy atom. The summed E-state index contributed by atoms with van der Waals surface area (Å²) in [6.45, 7) is 0. The van der Waals surface area contributed by atoms with Crippen molar-refractivity contribution in [3.63, 3.8) is 0 Å². The quantitative estimate of drug-likeness (QED) is 0.243. The maximum absolute atomic E-state index is 11.5. The molecule has 2 amide bonds. The van der Waals surface area contributed by atoms with E-state index in [1.165, 1.54) is 0 Å².